The highest BCUT2D eigenvalue weighted by molar-refractivity contribution is 6.06. The largest absolute Gasteiger partial charge is 0.369 e. The van der Waals surface area contributed by atoms with Crippen molar-refractivity contribution in [2.45, 2.75) is 45.3 Å². The van der Waals surface area contributed by atoms with E-state index in [0.717, 1.165) is 35.3 Å². The van der Waals surface area contributed by atoms with Crippen molar-refractivity contribution in [3.63, 3.8) is 0 Å². The van der Waals surface area contributed by atoms with Crippen molar-refractivity contribution in [3.05, 3.63) is 46.5 Å². The van der Waals surface area contributed by atoms with Gasteiger partial charge in [0.1, 0.15) is 5.82 Å². The lowest BCUT2D eigenvalue weighted by molar-refractivity contribution is -0.00696. The molecule has 0 saturated heterocycles. The number of rotatable bonds is 1. The number of carbonyl (C=O) groups excluding carboxylic acids is 1. The first-order chi connectivity index (χ1) is 11.5. The Morgan fingerprint density at radius 1 is 1.42 bits per heavy atom. The van der Waals surface area contributed by atoms with Crippen molar-refractivity contribution < 1.29 is 13.9 Å². The Balaban J connectivity index is 1.72. The molecule has 0 unspecified atom stereocenters. The zero-order valence-corrected chi connectivity index (χ0v) is 13.8. The highest BCUT2D eigenvalue weighted by Crippen LogP contribution is 2.33. The van der Waals surface area contributed by atoms with E-state index in [4.69, 9.17) is 4.74 Å². The van der Waals surface area contributed by atoms with E-state index in [9.17, 15) is 9.18 Å². The van der Waals surface area contributed by atoms with Crippen molar-refractivity contribution in [1.29, 1.82) is 0 Å². The molecule has 1 aromatic heterocycles. The predicted octanol–water partition coefficient (Wildman–Crippen LogP) is 3.16. The van der Waals surface area contributed by atoms with Crippen LogP contribution in [0.15, 0.2) is 18.2 Å². The first kappa shape index (κ1) is 15.3. The van der Waals surface area contributed by atoms with Crippen LogP contribution < -0.4 is 4.90 Å². The second kappa shape index (κ2) is 5.70. The molecule has 0 bridgehead atoms. The van der Waals surface area contributed by atoms with Gasteiger partial charge in [0, 0.05) is 24.2 Å². The highest BCUT2D eigenvalue weighted by Gasteiger charge is 2.33. The van der Waals surface area contributed by atoms with Gasteiger partial charge in [-0.05, 0) is 50.5 Å². The zero-order chi connectivity index (χ0) is 16.8. The molecule has 4 rings (SSSR count). The summed E-state index contributed by atoms with van der Waals surface area (Å²) in [5, 5.41) is 7.25. The number of hydrogen-bond acceptors (Lipinski definition) is 3. The van der Waals surface area contributed by atoms with Gasteiger partial charge < -0.3 is 9.64 Å². The minimum absolute atomic E-state index is 0.0550. The Morgan fingerprint density at radius 2 is 2.25 bits per heavy atom. The number of aromatic nitrogens is 2. The number of fused-ring (bicyclic) bond motifs is 2. The molecule has 0 saturated carbocycles. The molecule has 2 atom stereocenters. The topological polar surface area (TPSA) is 58.2 Å². The third kappa shape index (κ3) is 2.41. The summed E-state index contributed by atoms with van der Waals surface area (Å²) >= 11 is 0. The Kier molecular flexibility index (Phi) is 3.64. The third-order valence-corrected chi connectivity index (χ3v) is 4.84. The van der Waals surface area contributed by atoms with E-state index >= 15 is 0 Å². The summed E-state index contributed by atoms with van der Waals surface area (Å²) in [5.74, 6) is -0.388. The molecule has 2 aliphatic rings. The molecule has 0 fully saturated rings. The van der Waals surface area contributed by atoms with Crippen molar-refractivity contribution in [1.82, 2.24) is 10.2 Å². The number of nitrogens with zero attached hydrogens (tertiary/aromatic N) is 2. The molecule has 0 radical (unpaired) electrons. The van der Waals surface area contributed by atoms with Crippen LogP contribution in [0.25, 0.3) is 0 Å². The van der Waals surface area contributed by atoms with Crippen molar-refractivity contribution in [2.75, 3.05) is 11.4 Å². The van der Waals surface area contributed by atoms with E-state index < -0.39 is 0 Å². The van der Waals surface area contributed by atoms with Crippen LogP contribution in [-0.2, 0) is 17.6 Å². The van der Waals surface area contributed by atoms with Gasteiger partial charge in [-0.25, -0.2) is 4.39 Å². The number of aryl methyl sites for hydroxylation is 1. The van der Waals surface area contributed by atoms with Crippen molar-refractivity contribution in [2.24, 2.45) is 0 Å². The number of benzene rings is 1. The van der Waals surface area contributed by atoms with E-state index in [0.29, 0.717) is 18.7 Å². The molecule has 0 aliphatic carbocycles. The zero-order valence-electron chi connectivity index (χ0n) is 13.8. The smallest absolute Gasteiger partial charge is 0.279 e. The number of hydrogen-bond donors (Lipinski definition) is 1. The number of nitrogens with one attached hydrogen (secondary N) is 1. The predicted molar refractivity (Wildman–Crippen MR) is 87.7 cm³/mol. The number of amides is 1. The van der Waals surface area contributed by atoms with E-state index in [1.807, 2.05) is 13.8 Å². The second-order valence-electron chi connectivity index (χ2n) is 6.59. The molecule has 126 valence electrons. The monoisotopic (exact) mass is 329 g/mol. The fraction of sp³-hybridized carbons (Fsp3) is 0.444. The van der Waals surface area contributed by atoms with E-state index in [1.54, 1.807) is 11.0 Å². The maximum absolute atomic E-state index is 13.5. The minimum atomic E-state index is -0.264. The van der Waals surface area contributed by atoms with Gasteiger partial charge in [0.05, 0.1) is 17.9 Å². The van der Waals surface area contributed by atoms with Gasteiger partial charge in [0.2, 0.25) is 0 Å². The summed E-state index contributed by atoms with van der Waals surface area (Å²) in [6.07, 6.45) is 2.24. The molecule has 5 nitrogen and oxygen atoms in total. The van der Waals surface area contributed by atoms with Crippen molar-refractivity contribution in [3.8, 4) is 0 Å². The lowest BCUT2D eigenvalue weighted by Gasteiger charge is -2.30. The quantitative estimate of drug-likeness (QED) is 0.874. The Bertz CT molecular complexity index is 802. The normalized spacial score (nSPS) is 22.9. The number of anilines is 1. The first-order valence-electron chi connectivity index (χ1n) is 8.37. The van der Waals surface area contributed by atoms with Gasteiger partial charge in [0.25, 0.3) is 5.91 Å². The summed E-state index contributed by atoms with van der Waals surface area (Å²) in [4.78, 5) is 14.8. The molecule has 6 heteroatoms. The van der Waals surface area contributed by atoms with Crippen LogP contribution >= 0.6 is 0 Å². The van der Waals surface area contributed by atoms with Crippen LogP contribution in [0.2, 0.25) is 0 Å². The van der Waals surface area contributed by atoms with Gasteiger partial charge in [-0.15, -0.1) is 0 Å². The standard InChI is InChI=1S/C18H20FN3O2/c1-10-8-14-16(11(2)24-10)20-21-17(14)18(23)22-7-3-4-12-9-13(19)5-6-15(12)22/h5-6,9-11H,3-4,7-8H2,1-2H3,(H,20,21)/t10-,11+/m1/s1. The minimum Gasteiger partial charge on any atom is -0.369 e. The number of carbonyl (C=O) groups is 1. The van der Waals surface area contributed by atoms with Crippen LogP contribution in [0, 0.1) is 5.82 Å². The van der Waals surface area contributed by atoms with Gasteiger partial charge in [0.15, 0.2) is 5.69 Å². The summed E-state index contributed by atoms with van der Waals surface area (Å²) in [7, 11) is 0. The third-order valence-electron chi connectivity index (χ3n) is 4.84. The maximum atomic E-state index is 13.5. The summed E-state index contributed by atoms with van der Waals surface area (Å²) in [5.41, 5.74) is 3.96. The van der Waals surface area contributed by atoms with Gasteiger partial charge >= 0.3 is 0 Å². The molecular formula is C18H20FN3O2. The molecule has 2 aliphatic heterocycles. The number of aromatic amines is 1. The van der Waals surface area contributed by atoms with Crippen LogP contribution in [0.4, 0.5) is 10.1 Å². The van der Waals surface area contributed by atoms with Gasteiger partial charge in [-0.1, -0.05) is 0 Å². The summed E-state index contributed by atoms with van der Waals surface area (Å²) in [6.45, 7) is 4.58. The average molecular weight is 329 g/mol. The summed E-state index contributed by atoms with van der Waals surface area (Å²) in [6, 6.07) is 4.62. The van der Waals surface area contributed by atoms with Crippen molar-refractivity contribution >= 4 is 11.6 Å². The highest BCUT2D eigenvalue weighted by atomic mass is 19.1. The molecular weight excluding hydrogens is 309 g/mol. The van der Waals surface area contributed by atoms with E-state index in [-0.39, 0.29) is 23.9 Å². The van der Waals surface area contributed by atoms with Crippen LogP contribution in [0.3, 0.4) is 0 Å². The van der Waals surface area contributed by atoms with Crippen LogP contribution in [0.1, 0.15) is 53.7 Å². The fourth-order valence-electron chi connectivity index (χ4n) is 3.76. The lowest BCUT2D eigenvalue weighted by atomic mass is 9.97. The van der Waals surface area contributed by atoms with Crippen LogP contribution in [-0.4, -0.2) is 28.8 Å². The van der Waals surface area contributed by atoms with Crippen LogP contribution in [0.5, 0.6) is 0 Å². The molecule has 1 amide bonds. The van der Waals surface area contributed by atoms with E-state index in [1.165, 1.54) is 12.1 Å². The molecule has 1 N–H and O–H groups in total. The Hall–Kier alpha value is -2.21. The maximum Gasteiger partial charge on any atom is 0.279 e. The SMILES string of the molecule is C[C@@H]1Cc2c(C(=O)N3CCCc4cc(F)ccc43)n[nH]c2[C@H](C)O1. The Labute approximate surface area is 139 Å². The molecule has 1 aromatic carbocycles. The molecule has 3 heterocycles. The lowest BCUT2D eigenvalue weighted by Crippen LogP contribution is -2.36. The number of halogens is 1. The first-order valence-corrected chi connectivity index (χ1v) is 8.37. The molecule has 2 aromatic rings. The number of ether oxygens (including phenoxy) is 1. The molecule has 24 heavy (non-hydrogen) atoms. The Morgan fingerprint density at radius 3 is 3.08 bits per heavy atom. The number of H-pyrrole nitrogens is 1. The van der Waals surface area contributed by atoms with E-state index in [2.05, 4.69) is 10.2 Å². The van der Waals surface area contributed by atoms with Gasteiger partial charge in [-0.3, -0.25) is 9.89 Å². The summed E-state index contributed by atoms with van der Waals surface area (Å²) < 4.78 is 19.3. The fourth-order valence-corrected chi connectivity index (χ4v) is 3.76. The second-order valence-corrected chi connectivity index (χ2v) is 6.59. The molecule has 0 spiro atoms. The van der Waals surface area contributed by atoms with Gasteiger partial charge in [-0.2, -0.15) is 5.10 Å². The average Bonchev–Trinajstić information content (AvgIpc) is 2.97.